The minimum Gasteiger partial charge on any atom is -0.495 e. The Hall–Kier alpha value is -1.88. The molecule has 2 rings (SSSR count). The maximum atomic E-state index is 5.27. The highest BCUT2D eigenvalue weighted by Gasteiger charge is 2.19. The molecule has 1 atom stereocenters. The summed E-state index contributed by atoms with van der Waals surface area (Å²) in [7, 11) is 3.62. The van der Waals surface area contributed by atoms with Gasteiger partial charge in [0.05, 0.1) is 25.5 Å². The number of aryl methyl sites for hydroxylation is 1. The third kappa shape index (κ3) is 2.99. The molecule has 1 unspecified atom stereocenters. The zero-order valence-corrected chi connectivity index (χ0v) is 12.6. The van der Waals surface area contributed by atoms with Gasteiger partial charge < -0.3 is 10.1 Å². The Balaban J connectivity index is 2.38. The summed E-state index contributed by atoms with van der Waals surface area (Å²) in [5.41, 5.74) is 3.42. The van der Waals surface area contributed by atoms with Gasteiger partial charge in [0, 0.05) is 24.5 Å². The molecule has 0 aliphatic heterocycles. The van der Waals surface area contributed by atoms with Crippen molar-refractivity contribution in [3.63, 3.8) is 0 Å². The normalized spacial score (nSPS) is 12.4. The van der Waals surface area contributed by atoms with Gasteiger partial charge in [-0.15, -0.1) is 0 Å². The van der Waals surface area contributed by atoms with Crippen LogP contribution >= 0.6 is 0 Å². The lowest BCUT2D eigenvalue weighted by Crippen LogP contribution is -2.23. The first-order valence-electron chi connectivity index (χ1n) is 6.88. The van der Waals surface area contributed by atoms with Crippen LogP contribution in [0.25, 0.3) is 0 Å². The molecule has 1 N–H and O–H groups in total. The van der Waals surface area contributed by atoms with Crippen LogP contribution in [0.3, 0.4) is 0 Å². The lowest BCUT2D eigenvalue weighted by molar-refractivity contribution is 0.411. The van der Waals surface area contributed by atoms with E-state index < -0.39 is 0 Å². The van der Waals surface area contributed by atoms with Gasteiger partial charge in [0.2, 0.25) is 0 Å². The fraction of sp³-hybridized carbons (Fsp3) is 0.467. The Morgan fingerprint density at radius 3 is 2.75 bits per heavy atom. The van der Waals surface area contributed by atoms with Crippen LogP contribution in [0.1, 0.15) is 36.2 Å². The summed E-state index contributed by atoms with van der Waals surface area (Å²) in [5.74, 6) is 0.771. The zero-order valence-electron chi connectivity index (χ0n) is 12.6. The second-order valence-corrected chi connectivity index (χ2v) is 4.85. The summed E-state index contributed by atoms with van der Waals surface area (Å²) in [5, 5.41) is 7.90. The smallest absolute Gasteiger partial charge is 0.137 e. The van der Waals surface area contributed by atoms with Gasteiger partial charge >= 0.3 is 0 Å². The van der Waals surface area contributed by atoms with Crippen molar-refractivity contribution in [3.8, 4) is 5.75 Å². The molecule has 0 aliphatic rings. The first kappa shape index (κ1) is 14.5. The number of nitrogens with one attached hydrogen (secondary N) is 1. The number of hydrogen-bond donors (Lipinski definition) is 1. The zero-order chi connectivity index (χ0) is 14.5. The van der Waals surface area contributed by atoms with E-state index in [0.717, 1.165) is 30.0 Å². The number of methoxy groups -OCH3 is 1. The van der Waals surface area contributed by atoms with E-state index in [0.29, 0.717) is 0 Å². The molecule has 5 heteroatoms. The van der Waals surface area contributed by atoms with Gasteiger partial charge in [-0.2, -0.15) is 5.10 Å². The molecule has 0 amide bonds. The lowest BCUT2D eigenvalue weighted by Gasteiger charge is -2.19. The van der Waals surface area contributed by atoms with Crippen LogP contribution in [-0.2, 0) is 7.05 Å². The summed E-state index contributed by atoms with van der Waals surface area (Å²) in [6.45, 7) is 5.18. The second kappa shape index (κ2) is 6.52. The van der Waals surface area contributed by atoms with E-state index in [-0.39, 0.29) is 6.04 Å². The molecule has 0 bridgehead atoms. The summed E-state index contributed by atoms with van der Waals surface area (Å²) >= 11 is 0. The van der Waals surface area contributed by atoms with Gasteiger partial charge in [-0.1, -0.05) is 6.92 Å². The Bertz CT molecular complexity index is 565. The third-order valence-electron chi connectivity index (χ3n) is 3.49. The van der Waals surface area contributed by atoms with E-state index in [2.05, 4.69) is 29.2 Å². The fourth-order valence-electron chi connectivity index (χ4n) is 2.20. The number of ether oxygens (including phenoxy) is 1. The molecule has 5 nitrogen and oxygen atoms in total. The van der Waals surface area contributed by atoms with Crippen LogP contribution in [0.15, 0.2) is 24.7 Å². The summed E-state index contributed by atoms with van der Waals surface area (Å²) < 4.78 is 7.16. The van der Waals surface area contributed by atoms with Crippen molar-refractivity contribution in [2.24, 2.45) is 7.05 Å². The molecule has 0 saturated carbocycles. The molecule has 2 aromatic rings. The maximum absolute atomic E-state index is 5.27. The van der Waals surface area contributed by atoms with Crippen LogP contribution in [0.5, 0.6) is 5.75 Å². The largest absolute Gasteiger partial charge is 0.495 e. The van der Waals surface area contributed by atoms with Crippen molar-refractivity contribution >= 4 is 0 Å². The van der Waals surface area contributed by atoms with E-state index >= 15 is 0 Å². The van der Waals surface area contributed by atoms with Crippen LogP contribution in [-0.4, -0.2) is 28.4 Å². The average molecular weight is 274 g/mol. The summed E-state index contributed by atoms with van der Waals surface area (Å²) in [6, 6.07) is 2.11. The van der Waals surface area contributed by atoms with E-state index in [9.17, 15) is 0 Å². The van der Waals surface area contributed by atoms with Crippen molar-refractivity contribution in [2.75, 3.05) is 13.7 Å². The van der Waals surface area contributed by atoms with Crippen molar-refractivity contribution in [2.45, 2.75) is 26.3 Å². The van der Waals surface area contributed by atoms with Crippen molar-refractivity contribution < 1.29 is 4.74 Å². The van der Waals surface area contributed by atoms with E-state index in [1.54, 1.807) is 13.3 Å². The monoisotopic (exact) mass is 274 g/mol. The van der Waals surface area contributed by atoms with Gasteiger partial charge in [-0.05, 0) is 31.5 Å². The van der Waals surface area contributed by atoms with Gasteiger partial charge in [0.25, 0.3) is 0 Å². The Morgan fingerprint density at radius 2 is 2.15 bits per heavy atom. The minimum absolute atomic E-state index is 0.0891. The summed E-state index contributed by atoms with van der Waals surface area (Å²) in [4.78, 5) is 4.25. The molecule has 0 aromatic carbocycles. The molecule has 0 aliphatic carbocycles. The number of rotatable bonds is 6. The molecule has 20 heavy (non-hydrogen) atoms. The Labute approximate surface area is 120 Å². The minimum atomic E-state index is 0.0891. The molecule has 0 fully saturated rings. The first-order chi connectivity index (χ1) is 9.67. The molecule has 0 saturated heterocycles. The number of hydrogen-bond acceptors (Lipinski definition) is 4. The lowest BCUT2D eigenvalue weighted by atomic mass is 10.0. The average Bonchev–Trinajstić information content (AvgIpc) is 2.80. The Morgan fingerprint density at radius 1 is 1.35 bits per heavy atom. The first-order valence-corrected chi connectivity index (χ1v) is 6.88. The van der Waals surface area contributed by atoms with Gasteiger partial charge in [-0.3, -0.25) is 9.67 Å². The van der Waals surface area contributed by atoms with Crippen LogP contribution in [0.4, 0.5) is 0 Å². The van der Waals surface area contributed by atoms with Gasteiger partial charge in [0.1, 0.15) is 5.75 Å². The predicted octanol–water partition coefficient (Wildman–Crippen LogP) is 2.22. The van der Waals surface area contributed by atoms with Gasteiger partial charge in [0.15, 0.2) is 0 Å². The molecular formula is C15H22N4O. The highest BCUT2D eigenvalue weighted by molar-refractivity contribution is 5.35. The molecule has 0 radical (unpaired) electrons. The SMILES string of the molecule is CCCNC(c1cncc(OC)c1)c1cnn(C)c1C. The number of aromatic nitrogens is 3. The van der Waals surface area contributed by atoms with E-state index in [1.165, 1.54) is 5.56 Å². The maximum Gasteiger partial charge on any atom is 0.137 e. The quantitative estimate of drug-likeness (QED) is 0.877. The van der Waals surface area contributed by atoms with Crippen LogP contribution < -0.4 is 10.1 Å². The molecule has 2 heterocycles. The predicted molar refractivity (Wildman–Crippen MR) is 78.9 cm³/mol. The van der Waals surface area contributed by atoms with Crippen LogP contribution in [0.2, 0.25) is 0 Å². The topological polar surface area (TPSA) is 52.0 Å². The van der Waals surface area contributed by atoms with Gasteiger partial charge in [-0.25, -0.2) is 0 Å². The van der Waals surface area contributed by atoms with Crippen molar-refractivity contribution in [1.29, 1.82) is 0 Å². The van der Waals surface area contributed by atoms with Crippen LogP contribution in [0, 0.1) is 6.92 Å². The fourth-order valence-corrected chi connectivity index (χ4v) is 2.20. The van der Waals surface area contributed by atoms with Crippen molar-refractivity contribution in [1.82, 2.24) is 20.1 Å². The van der Waals surface area contributed by atoms with E-state index in [1.807, 2.05) is 30.2 Å². The summed E-state index contributed by atoms with van der Waals surface area (Å²) in [6.07, 6.45) is 6.59. The molecule has 108 valence electrons. The molecule has 2 aromatic heterocycles. The third-order valence-corrected chi connectivity index (χ3v) is 3.49. The highest BCUT2D eigenvalue weighted by Crippen LogP contribution is 2.26. The number of pyridine rings is 1. The second-order valence-electron chi connectivity index (χ2n) is 4.85. The van der Waals surface area contributed by atoms with Crippen molar-refractivity contribution in [3.05, 3.63) is 41.5 Å². The molecular weight excluding hydrogens is 252 g/mol. The van der Waals surface area contributed by atoms with E-state index in [4.69, 9.17) is 4.74 Å². The number of nitrogens with zero attached hydrogens (tertiary/aromatic N) is 3. The highest BCUT2D eigenvalue weighted by atomic mass is 16.5. The molecule has 0 spiro atoms. The Kier molecular flexibility index (Phi) is 4.74. The standard InChI is InChI=1S/C15H22N4O/c1-5-6-17-15(14-10-18-19(3)11(14)2)12-7-13(20-4)9-16-8-12/h7-10,15,17H,5-6H2,1-4H3.